The molecule has 0 bridgehead atoms. The van der Waals surface area contributed by atoms with Gasteiger partial charge in [0.15, 0.2) is 0 Å². The lowest BCUT2D eigenvalue weighted by atomic mass is 9.98. The van der Waals surface area contributed by atoms with Crippen molar-refractivity contribution in [3.05, 3.63) is 0 Å². The van der Waals surface area contributed by atoms with E-state index in [9.17, 15) is 0 Å². The molecule has 2 atom stereocenters. The fourth-order valence-corrected chi connectivity index (χ4v) is 2.19. The maximum absolute atomic E-state index is 5.72. The van der Waals surface area contributed by atoms with E-state index in [2.05, 4.69) is 33.4 Å². The molecule has 0 aliphatic rings. The van der Waals surface area contributed by atoms with Gasteiger partial charge in [-0.05, 0) is 26.2 Å². The predicted molar refractivity (Wildman–Crippen MR) is 82.9 cm³/mol. The Bertz CT molecular complexity index is 166. The van der Waals surface area contributed by atoms with Gasteiger partial charge in [-0.15, -0.1) is 0 Å². The summed E-state index contributed by atoms with van der Waals surface area (Å²) in [6.07, 6.45) is 13.2. The molecule has 0 heterocycles. The van der Waals surface area contributed by atoms with Crippen LogP contribution in [0.5, 0.6) is 0 Å². The van der Waals surface area contributed by atoms with Gasteiger partial charge in [-0.3, -0.25) is 0 Å². The van der Waals surface area contributed by atoms with Crippen LogP contribution in [-0.2, 0) is 0 Å². The highest BCUT2D eigenvalue weighted by atomic mass is 32.1. The molecule has 0 aromatic rings. The van der Waals surface area contributed by atoms with Crippen molar-refractivity contribution >= 4 is 12.6 Å². The fourth-order valence-electron chi connectivity index (χ4n) is 2.03. The Morgan fingerprint density at radius 2 is 1.47 bits per heavy atom. The maximum atomic E-state index is 5.72. The molecule has 0 radical (unpaired) electrons. The minimum Gasteiger partial charge on any atom is -0.328 e. The molecule has 17 heavy (non-hydrogen) atoms. The van der Waals surface area contributed by atoms with Crippen molar-refractivity contribution in [1.29, 1.82) is 0 Å². The first-order valence-corrected chi connectivity index (χ1v) is 7.90. The smallest absolute Gasteiger partial charge is 0.00987 e. The van der Waals surface area contributed by atoms with Crippen LogP contribution in [0.25, 0.3) is 0 Å². The zero-order valence-corrected chi connectivity index (χ0v) is 13.1. The third-order valence-corrected chi connectivity index (χ3v) is 4.18. The van der Waals surface area contributed by atoms with Gasteiger partial charge in [-0.2, -0.15) is 12.6 Å². The number of thiol groups is 1. The van der Waals surface area contributed by atoms with E-state index in [0.29, 0.717) is 6.04 Å². The van der Waals surface area contributed by atoms with E-state index in [1.165, 1.54) is 64.2 Å². The SMILES string of the molecule is CCC(C)(S)CCCCCCCCCC(C)N. The molecular weight excluding hydrogens is 226 g/mol. The third-order valence-electron chi connectivity index (χ3n) is 3.64. The lowest BCUT2D eigenvalue weighted by molar-refractivity contribution is 0.501. The van der Waals surface area contributed by atoms with Gasteiger partial charge in [0.05, 0.1) is 0 Å². The van der Waals surface area contributed by atoms with Crippen LogP contribution in [0.1, 0.15) is 85.0 Å². The van der Waals surface area contributed by atoms with E-state index < -0.39 is 0 Å². The van der Waals surface area contributed by atoms with Crippen LogP contribution in [0.15, 0.2) is 0 Å². The van der Waals surface area contributed by atoms with Crippen LogP contribution >= 0.6 is 12.6 Å². The van der Waals surface area contributed by atoms with Gasteiger partial charge in [0.1, 0.15) is 0 Å². The van der Waals surface area contributed by atoms with E-state index in [4.69, 9.17) is 5.73 Å². The first-order valence-electron chi connectivity index (χ1n) is 7.46. The van der Waals surface area contributed by atoms with Gasteiger partial charge in [0.25, 0.3) is 0 Å². The Hall–Kier alpha value is 0.310. The summed E-state index contributed by atoms with van der Waals surface area (Å²) in [6.45, 7) is 6.58. The molecule has 2 heteroatoms. The Labute approximate surface area is 114 Å². The summed E-state index contributed by atoms with van der Waals surface area (Å²) in [7, 11) is 0. The summed E-state index contributed by atoms with van der Waals surface area (Å²) < 4.78 is 0.261. The van der Waals surface area contributed by atoms with E-state index >= 15 is 0 Å². The van der Waals surface area contributed by atoms with E-state index in [1.54, 1.807) is 0 Å². The second-order valence-corrected chi connectivity index (χ2v) is 6.92. The van der Waals surface area contributed by atoms with E-state index in [-0.39, 0.29) is 4.75 Å². The number of nitrogens with two attached hydrogens (primary N) is 1. The Morgan fingerprint density at radius 3 is 1.94 bits per heavy atom. The lowest BCUT2D eigenvalue weighted by Crippen LogP contribution is -2.14. The average molecular weight is 260 g/mol. The van der Waals surface area contributed by atoms with Gasteiger partial charge in [-0.25, -0.2) is 0 Å². The standard InChI is InChI=1S/C15H33NS/c1-4-15(3,17)13-11-9-7-5-6-8-10-12-14(2)16/h14,17H,4-13,16H2,1-3H3. The number of hydrogen-bond donors (Lipinski definition) is 2. The molecule has 0 aliphatic heterocycles. The molecule has 1 nitrogen and oxygen atoms in total. The summed E-state index contributed by atoms with van der Waals surface area (Å²) in [4.78, 5) is 0. The molecular formula is C15H33NS. The summed E-state index contributed by atoms with van der Waals surface area (Å²) >= 11 is 4.67. The molecule has 0 spiro atoms. The second-order valence-electron chi connectivity index (χ2n) is 5.84. The quantitative estimate of drug-likeness (QED) is 0.399. The third kappa shape index (κ3) is 12.6. The highest BCUT2D eigenvalue weighted by molar-refractivity contribution is 7.81. The molecule has 0 fully saturated rings. The van der Waals surface area contributed by atoms with E-state index in [1.807, 2.05) is 0 Å². The predicted octanol–water partition coefficient (Wildman–Crippen LogP) is 4.94. The van der Waals surface area contributed by atoms with Crippen LogP contribution in [-0.4, -0.2) is 10.8 Å². The Balaban J connectivity index is 3.14. The molecule has 0 saturated heterocycles. The molecule has 0 aliphatic carbocycles. The topological polar surface area (TPSA) is 26.0 Å². The van der Waals surface area contributed by atoms with E-state index in [0.717, 1.165) is 0 Å². The highest BCUT2D eigenvalue weighted by Gasteiger charge is 2.14. The van der Waals surface area contributed by atoms with Gasteiger partial charge in [0, 0.05) is 10.8 Å². The first-order chi connectivity index (χ1) is 7.98. The maximum Gasteiger partial charge on any atom is 0.00987 e. The second kappa shape index (κ2) is 10.3. The number of rotatable bonds is 11. The summed E-state index contributed by atoms with van der Waals surface area (Å²) in [5.74, 6) is 0. The largest absolute Gasteiger partial charge is 0.328 e. The lowest BCUT2D eigenvalue weighted by Gasteiger charge is -2.20. The van der Waals surface area contributed by atoms with Gasteiger partial charge in [-0.1, -0.05) is 58.8 Å². The number of unbranched alkanes of at least 4 members (excludes halogenated alkanes) is 6. The van der Waals surface area contributed by atoms with Crippen molar-refractivity contribution in [3.63, 3.8) is 0 Å². The molecule has 0 amide bonds. The molecule has 2 unspecified atom stereocenters. The molecule has 0 saturated carbocycles. The van der Waals surface area contributed by atoms with Crippen LogP contribution in [0, 0.1) is 0 Å². The Morgan fingerprint density at radius 1 is 1.00 bits per heavy atom. The average Bonchev–Trinajstić information content (AvgIpc) is 2.26. The fraction of sp³-hybridized carbons (Fsp3) is 1.00. The van der Waals surface area contributed by atoms with Crippen LogP contribution in [0.2, 0.25) is 0 Å². The summed E-state index contributed by atoms with van der Waals surface area (Å²) in [5, 5.41) is 0. The van der Waals surface area contributed by atoms with Crippen molar-refractivity contribution in [2.45, 2.75) is 95.8 Å². The summed E-state index contributed by atoms with van der Waals surface area (Å²) in [6, 6.07) is 0.386. The van der Waals surface area contributed by atoms with Crippen molar-refractivity contribution in [3.8, 4) is 0 Å². The Kier molecular flexibility index (Phi) is 10.4. The zero-order valence-electron chi connectivity index (χ0n) is 12.2. The molecule has 0 aromatic carbocycles. The summed E-state index contributed by atoms with van der Waals surface area (Å²) in [5.41, 5.74) is 5.72. The van der Waals surface area contributed by atoms with Gasteiger partial charge in [0.2, 0.25) is 0 Å². The first kappa shape index (κ1) is 17.3. The molecule has 0 aromatic heterocycles. The molecule has 0 rings (SSSR count). The molecule has 104 valence electrons. The molecule has 2 N–H and O–H groups in total. The van der Waals surface area contributed by atoms with Crippen molar-refractivity contribution in [2.75, 3.05) is 0 Å². The van der Waals surface area contributed by atoms with Gasteiger partial charge < -0.3 is 5.73 Å². The van der Waals surface area contributed by atoms with Crippen LogP contribution in [0.4, 0.5) is 0 Å². The highest BCUT2D eigenvalue weighted by Crippen LogP contribution is 2.25. The van der Waals surface area contributed by atoms with Crippen molar-refractivity contribution in [1.82, 2.24) is 0 Å². The van der Waals surface area contributed by atoms with Crippen LogP contribution < -0.4 is 5.73 Å². The normalized spacial score (nSPS) is 16.8. The van der Waals surface area contributed by atoms with Crippen molar-refractivity contribution in [2.24, 2.45) is 5.73 Å². The van der Waals surface area contributed by atoms with Crippen LogP contribution in [0.3, 0.4) is 0 Å². The van der Waals surface area contributed by atoms with Crippen molar-refractivity contribution < 1.29 is 0 Å². The minimum absolute atomic E-state index is 0.261. The number of hydrogen-bond acceptors (Lipinski definition) is 2. The monoisotopic (exact) mass is 259 g/mol. The van der Waals surface area contributed by atoms with Gasteiger partial charge >= 0.3 is 0 Å². The minimum atomic E-state index is 0.261. The zero-order chi connectivity index (χ0) is 13.1.